The van der Waals surface area contributed by atoms with Crippen molar-refractivity contribution in [3.63, 3.8) is 0 Å². The molecule has 2 atom stereocenters. The van der Waals surface area contributed by atoms with Gasteiger partial charge < -0.3 is 9.31 Å². The van der Waals surface area contributed by atoms with Gasteiger partial charge >= 0.3 is 7.12 Å². The summed E-state index contributed by atoms with van der Waals surface area (Å²) in [7, 11) is 0.0272. The van der Waals surface area contributed by atoms with E-state index < -0.39 is 0 Å². The average molecular weight is 166 g/mol. The molecule has 1 saturated heterocycles. The van der Waals surface area contributed by atoms with E-state index in [1.807, 2.05) is 6.82 Å². The van der Waals surface area contributed by atoms with Gasteiger partial charge in [-0.1, -0.05) is 0 Å². The Hall–Kier alpha value is -0.0151. The molecule has 0 aromatic carbocycles. The summed E-state index contributed by atoms with van der Waals surface area (Å²) in [6, 6.07) is 0. The Bertz CT molecular complexity index is 215. The van der Waals surface area contributed by atoms with Crippen LogP contribution in [0.2, 0.25) is 6.82 Å². The van der Waals surface area contributed by atoms with Gasteiger partial charge in [0, 0.05) is 0 Å². The minimum Gasteiger partial charge on any atom is -0.406 e. The summed E-state index contributed by atoms with van der Waals surface area (Å²) < 4.78 is 11.6. The molecular formula is C9H15BO2. The summed E-state index contributed by atoms with van der Waals surface area (Å²) in [4.78, 5) is 0. The Morgan fingerprint density at radius 1 is 1.33 bits per heavy atom. The zero-order valence-electron chi connectivity index (χ0n) is 7.75. The Morgan fingerprint density at radius 2 is 2.08 bits per heavy atom. The predicted molar refractivity (Wildman–Crippen MR) is 46.8 cm³/mol. The molecule has 2 bridgehead atoms. The van der Waals surface area contributed by atoms with Gasteiger partial charge in [0.15, 0.2) is 0 Å². The van der Waals surface area contributed by atoms with Crippen molar-refractivity contribution in [2.45, 2.75) is 44.7 Å². The Morgan fingerprint density at radius 3 is 2.75 bits per heavy atom. The molecule has 0 aromatic heterocycles. The maximum Gasteiger partial charge on any atom is 0.454 e. The third kappa shape index (κ3) is 0.741. The van der Waals surface area contributed by atoms with Crippen molar-refractivity contribution in [1.82, 2.24) is 0 Å². The second-order valence-electron chi connectivity index (χ2n) is 4.76. The molecule has 4 fully saturated rings. The fourth-order valence-electron chi connectivity index (χ4n) is 3.18. The van der Waals surface area contributed by atoms with E-state index in [1.165, 1.54) is 19.3 Å². The highest BCUT2D eigenvalue weighted by Gasteiger charge is 2.59. The van der Waals surface area contributed by atoms with Crippen molar-refractivity contribution >= 4 is 7.12 Å². The highest BCUT2D eigenvalue weighted by molar-refractivity contribution is 6.43. The minimum atomic E-state index is 0.0272. The highest BCUT2D eigenvalue weighted by atomic mass is 16.7. The molecule has 3 saturated carbocycles. The smallest absolute Gasteiger partial charge is 0.406 e. The standard InChI is InChI=1S/C9H15BO2/c1-9-7-3-6(4-7)5-8(9)11-10(2)12-9/h6-8H,3-5H2,1-2H3. The topological polar surface area (TPSA) is 18.5 Å². The van der Waals surface area contributed by atoms with E-state index in [-0.39, 0.29) is 12.7 Å². The molecule has 4 aliphatic rings. The quantitative estimate of drug-likeness (QED) is 0.510. The third-order valence-electron chi connectivity index (χ3n) is 4.01. The van der Waals surface area contributed by atoms with Crippen LogP contribution in [0.1, 0.15) is 26.2 Å². The molecular weight excluding hydrogens is 151 g/mol. The van der Waals surface area contributed by atoms with Gasteiger partial charge in [0.05, 0.1) is 11.7 Å². The van der Waals surface area contributed by atoms with Gasteiger partial charge in [-0.2, -0.15) is 0 Å². The number of hydrogen-bond donors (Lipinski definition) is 0. The molecule has 0 amide bonds. The maximum absolute atomic E-state index is 5.88. The van der Waals surface area contributed by atoms with Gasteiger partial charge in [0.25, 0.3) is 0 Å². The molecule has 3 aliphatic carbocycles. The zero-order chi connectivity index (χ0) is 8.34. The van der Waals surface area contributed by atoms with E-state index in [1.54, 1.807) is 0 Å². The first-order chi connectivity index (χ1) is 5.68. The lowest BCUT2D eigenvalue weighted by molar-refractivity contribution is -0.113. The van der Waals surface area contributed by atoms with Gasteiger partial charge in [-0.25, -0.2) is 0 Å². The summed E-state index contributed by atoms with van der Waals surface area (Å²) in [5, 5.41) is 0. The van der Waals surface area contributed by atoms with Gasteiger partial charge in [0.1, 0.15) is 0 Å². The molecule has 1 aliphatic heterocycles. The third-order valence-corrected chi connectivity index (χ3v) is 4.01. The molecule has 12 heavy (non-hydrogen) atoms. The van der Waals surface area contributed by atoms with E-state index in [0.29, 0.717) is 6.10 Å². The Kier molecular flexibility index (Phi) is 1.28. The van der Waals surface area contributed by atoms with Crippen molar-refractivity contribution < 1.29 is 9.31 Å². The lowest BCUT2D eigenvalue weighted by Crippen LogP contribution is -2.56. The number of hydrogen-bond acceptors (Lipinski definition) is 2. The fourth-order valence-corrected chi connectivity index (χ4v) is 3.18. The zero-order valence-corrected chi connectivity index (χ0v) is 7.75. The first kappa shape index (κ1) is 7.39. The van der Waals surface area contributed by atoms with Gasteiger partial charge in [-0.3, -0.25) is 0 Å². The summed E-state index contributed by atoms with van der Waals surface area (Å²) in [6.07, 6.45) is 4.38. The van der Waals surface area contributed by atoms with Crippen LogP contribution in [-0.2, 0) is 9.31 Å². The monoisotopic (exact) mass is 166 g/mol. The molecule has 2 unspecified atom stereocenters. The molecule has 0 spiro atoms. The Labute approximate surface area is 73.8 Å². The van der Waals surface area contributed by atoms with Crippen molar-refractivity contribution in [1.29, 1.82) is 0 Å². The van der Waals surface area contributed by atoms with Crippen molar-refractivity contribution in [2.75, 3.05) is 0 Å². The van der Waals surface area contributed by atoms with Crippen LogP contribution in [0.3, 0.4) is 0 Å². The molecule has 2 nitrogen and oxygen atoms in total. The van der Waals surface area contributed by atoms with E-state index >= 15 is 0 Å². The summed E-state index contributed by atoms with van der Waals surface area (Å²) >= 11 is 0. The fraction of sp³-hybridized carbons (Fsp3) is 1.00. The molecule has 1 heterocycles. The highest BCUT2D eigenvalue weighted by Crippen LogP contribution is 2.55. The van der Waals surface area contributed by atoms with E-state index in [0.717, 1.165) is 11.8 Å². The van der Waals surface area contributed by atoms with Crippen molar-refractivity contribution in [2.24, 2.45) is 11.8 Å². The van der Waals surface area contributed by atoms with Crippen LogP contribution in [0.15, 0.2) is 0 Å². The molecule has 3 heteroatoms. The largest absolute Gasteiger partial charge is 0.454 e. The summed E-state index contributed by atoms with van der Waals surface area (Å²) in [6.45, 7) is 4.25. The molecule has 0 radical (unpaired) electrons. The van der Waals surface area contributed by atoms with Crippen LogP contribution >= 0.6 is 0 Å². The van der Waals surface area contributed by atoms with Crippen molar-refractivity contribution in [3.8, 4) is 0 Å². The molecule has 0 aromatic rings. The van der Waals surface area contributed by atoms with Crippen LogP contribution < -0.4 is 0 Å². The van der Waals surface area contributed by atoms with Gasteiger partial charge in [-0.05, 0) is 44.8 Å². The van der Waals surface area contributed by atoms with E-state index in [2.05, 4.69) is 6.92 Å². The molecule has 0 N–H and O–H groups in total. The maximum atomic E-state index is 5.88. The van der Waals surface area contributed by atoms with E-state index in [9.17, 15) is 0 Å². The molecule has 4 rings (SSSR count). The Balaban J connectivity index is 1.90. The summed E-state index contributed by atoms with van der Waals surface area (Å²) in [5.74, 6) is 1.73. The van der Waals surface area contributed by atoms with Crippen LogP contribution in [0.4, 0.5) is 0 Å². The van der Waals surface area contributed by atoms with Crippen molar-refractivity contribution in [3.05, 3.63) is 0 Å². The van der Waals surface area contributed by atoms with Gasteiger partial charge in [0.2, 0.25) is 0 Å². The SMILES string of the molecule is CB1OC2CC3CC(C3)C2(C)O1. The minimum absolute atomic E-state index is 0.0272. The lowest BCUT2D eigenvalue weighted by Gasteiger charge is -2.53. The predicted octanol–water partition coefficient (Wildman–Crippen LogP) is 1.71. The second-order valence-corrected chi connectivity index (χ2v) is 4.76. The first-order valence-electron chi connectivity index (χ1n) is 5.02. The second kappa shape index (κ2) is 2.07. The van der Waals surface area contributed by atoms with Gasteiger partial charge in [-0.15, -0.1) is 0 Å². The van der Waals surface area contributed by atoms with Crippen LogP contribution in [0.25, 0.3) is 0 Å². The van der Waals surface area contributed by atoms with Crippen LogP contribution in [-0.4, -0.2) is 18.8 Å². The first-order valence-corrected chi connectivity index (χ1v) is 5.02. The molecule has 66 valence electrons. The summed E-state index contributed by atoms with van der Waals surface area (Å²) in [5.41, 5.74) is 0.0637. The van der Waals surface area contributed by atoms with Crippen LogP contribution in [0, 0.1) is 11.8 Å². The normalized spacial score (nSPS) is 56.5. The van der Waals surface area contributed by atoms with E-state index in [4.69, 9.17) is 9.31 Å². The number of rotatable bonds is 0. The van der Waals surface area contributed by atoms with Crippen LogP contribution in [0.5, 0.6) is 0 Å². The lowest BCUT2D eigenvalue weighted by atomic mass is 9.57. The average Bonchev–Trinajstić information content (AvgIpc) is 2.18.